The van der Waals surface area contributed by atoms with Gasteiger partial charge in [-0.3, -0.25) is 4.79 Å². The number of rotatable bonds is 4. The van der Waals surface area contributed by atoms with Crippen LogP contribution in [0.1, 0.15) is 20.7 Å². The molecular formula is C20H14ClNO3. The van der Waals surface area contributed by atoms with Gasteiger partial charge in [0.15, 0.2) is 0 Å². The molecule has 0 aromatic heterocycles. The van der Waals surface area contributed by atoms with Gasteiger partial charge in [-0.1, -0.05) is 41.9 Å². The highest BCUT2D eigenvalue weighted by atomic mass is 35.5. The zero-order valence-corrected chi connectivity index (χ0v) is 13.9. The van der Waals surface area contributed by atoms with Crippen LogP contribution in [0.4, 0.5) is 5.69 Å². The van der Waals surface area contributed by atoms with Gasteiger partial charge in [0.1, 0.15) is 5.75 Å². The van der Waals surface area contributed by atoms with Gasteiger partial charge in [-0.15, -0.1) is 0 Å². The average molecular weight is 352 g/mol. The summed E-state index contributed by atoms with van der Waals surface area (Å²) in [6.45, 7) is 0. The smallest absolute Gasteiger partial charge is 0.343 e. The van der Waals surface area contributed by atoms with Gasteiger partial charge in [-0.2, -0.15) is 0 Å². The van der Waals surface area contributed by atoms with E-state index >= 15 is 0 Å². The fourth-order valence-electron chi connectivity index (χ4n) is 2.19. The van der Waals surface area contributed by atoms with Crippen molar-refractivity contribution in [2.75, 3.05) is 5.32 Å². The fraction of sp³-hybridized carbons (Fsp3) is 0. The van der Waals surface area contributed by atoms with Crippen LogP contribution in [0.25, 0.3) is 0 Å². The molecule has 3 rings (SSSR count). The van der Waals surface area contributed by atoms with Crippen LogP contribution in [0, 0.1) is 0 Å². The van der Waals surface area contributed by atoms with Crippen molar-refractivity contribution in [1.29, 1.82) is 0 Å². The molecule has 1 amide bonds. The Morgan fingerprint density at radius 3 is 2.12 bits per heavy atom. The predicted octanol–water partition coefficient (Wildman–Crippen LogP) is 4.81. The van der Waals surface area contributed by atoms with Crippen LogP contribution in [-0.2, 0) is 0 Å². The summed E-state index contributed by atoms with van der Waals surface area (Å²) in [6, 6.07) is 22.1. The van der Waals surface area contributed by atoms with Crippen molar-refractivity contribution in [2.24, 2.45) is 0 Å². The first-order chi connectivity index (χ1) is 12.1. The Morgan fingerprint density at radius 1 is 0.800 bits per heavy atom. The van der Waals surface area contributed by atoms with E-state index in [1.807, 2.05) is 6.07 Å². The monoisotopic (exact) mass is 351 g/mol. The first-order valence-electron chi connectivity index (χ1n) is 7.56. The van der Waals surface area contributed by atoms with Gasteiger partial charge < -0.3 is 10.1 Å². The molecule has 0 spiro atoms. The zero-order chi connectivity index (χ0) is 17.6. The molecule has 124 valence electrons. The summed E-state index contributed by atoms with van der Waals surface area (Å²) in [7, 11) is 0. The second-order valence-electron chi connectivity index (χ2n) is 5.21. The summed E-state index contributed by atoms with van der Waals surface area (Å²) in [5.74, 6) is -0.302. The second-order valence-corrected chi connectivity index (χ2v) is 5.62. The Labute approximate surface area is 150 Å². The highest BCUT2D eigenvalue weighted by Crippen LogP contribution is 2.18. The maximum atomic E-state index is 12.2. The van der Waals surface area contributed by atoms with E-state index in [0.29, 0.717) is 27.6 Å². The lowest BCUT2D eigenvalue weighted by molar-refractivity contribution is 0.0734. The number of nitrogens with one attached hydrogen (secondary N) is 1. The van der Waals surface area contributed by atoms with Crippen molar-refractivity contribution in [3.8, 4) is 5.75 Å². The summed E-state index contributed by atoms with van der Waals surface area (Å²) in [5.41, 5.74) is 1.33. The van der Waals surface area contributed by atoms with Crippen molar-refractivity contribution < 1.29 is 14.3 Å². The molecule has 0 saturated carbocycles. The minimum absolute atomic E-state index is 0.315. The lowest BCUT2D eigenvalue weighted by Crippen LogP contribution is -2.13. The average Bonchev–Trinajstić information content (AvgIpc) is 2.63. The summed E-state index contributed by atoms with van der Waals surface area (Å²) in [5, 5.41) is 3.12. The molecule has 0 aliphatic rings. The van der Waals surface area contributed by atoms with Crippen molar-refractivity contribution in [2.45, 2.75) is 0 Å². The van der Waals surface area contributed by atoms with Crippen LogP contribution < -0.4 is 10.1 Å². The van der Waals surface area contributed by atoms with Crippen molar-refractivity contribution in [1.82, 2.24) is 0 Å². The molecule has 5 heteroatoms. The molecule has 3 aromatic rings. The molecule has 0 aliphatic heterocycles. The maximum Gasteiger partial charge on any atom is 0.343 e. The van der Waals surface area contributed by atoms with E-state index in [4.69, 9.17) is 16.3 Å². The Morgan fingerprint density at radius 2 is 1.44 bits per heavy atom. The zero-order valence-electron chi connectivity index (χ0n) is 13.1. The van der Waals surface area contributed by atoms with Crippen LogP contribution in [0.3, 0.4) is 0 Å². The van der Waals surface area contributed by atoms with Crippen LogP contribution >= 0.6 is 11.6 Å². The SMILES string of the molecule is O=C(Oc1ccccc1)c1ccc(NC(=O)c2ccccc2Cl)cc1. The number of esters is 1. The Balaban J connectivity index is 1.67. The van der Waals surface area contributed by atoms with E-state index in [0.717, 1.165) is 0 Å². The van der Waals surface area contributed by atoms with Crippen molar-refractivity contribution in [3.05, 3.63) is 95.0 Å². The standard InChI is InChI=1S/C20H14ClNO3/c21-18-9-5-4-8-17(18)19(23)22-15-12-10-14(11-13-15)20(24)25-16-6-2-1-3-7-16/h1-13H,(H,22,23). The third-order valence-electron chi connectivity index (χ3n) is 3.45. The molecule has 0 bridgehead atoms. The molecule has 0 aliphatic carbocycles. The highest BCUT2D eigenvalue weighted by Gasteiger charge is 2.11. The summed E-state index contributed by atoms with van der Waals surface area (Å²) < 4.78 is 5.26. The number of halogens is 1. The van der Waals surface area contributed by atoms with E-state index in [1.54, 1.807) is 72.8 Å². The van der Waals surface area contributed by atoms with Gasteiger partial charge in [-0.25, -0.2) is 4.79 Å². The Hall–Kier alpha value is -3.11. The molecule has 0 heterocycles. The first kappa shape index (κ1) is 16.7. The van der Waals surface area contributed by atoms with E-state index in [2.05, 4.69) is 5.32 Å². The molecule has 3 aromatic carbocycles. The van der Waals surface area contributed by atoms with E-state index in [1.165, 1.54) is 0 Å². The molecule has 0 unspecified atom stereocenters. The van der Waals surface area contributed by atoms with Crippen molar-refractivity contribution >= 4 is 29.2 Å². The van der Waals surface area contributed by atoms with Gasteiger partial charge in [0.05, 0.1) is 16.1 Å². The van der Waals surface area contributed by atoms with E-state index in [-0.39, 0.29) is 5.91 Å². The molecule has 0 atom stereocenters. The largest absolute Gasteiger partial charge is 0.423 e. The minimum atomic E-state index is -0.463. The first-order valence-corrected chi connectivity index (χ1v) is 7.94. The lowest BCUT2D eigenvalue weighted by atomic mass is 10.2. The molecule has 25 heavy (non-hydrogen) atoms. The fourth-order valence-corrected chi connectivity index (χ4v) is 2.41. The number of anilines is 1. The topological polar surface area (TPSA) is 55.4 Å². The number of hydrogen-bond acceptors (Lipinski definition) is 3. The van der Waals surface area contributed by atoms with Gasteiger partial charge in [0.25, 0.3) is 5.91 Å². The predicted molar refractivity (Wildman–Crippen MR) is 97.2 cm³/mol. The lowest BCUT2D eigenvalue weighted by Gasteiger charge is -2.08. The molecule has 0 radical (unpaired) electrons. The number of carbonyl (C=O) groups is 2. The van der Waals surface area contributed by atoms with Crippen LogP contribution in [0.15, 0.2) is 78.9 Å². The maximum absolute atomic E-state index is 12.2. The molecule has 0 saturated heterocycles. The molecule has 0 fully saturated rings. The Kier molecular flexibility index (Phi) is 5.11. The number of benzene rings is 3. The van der Waals surface area contributed by atoms with Gasteiger partial charge in [0, 0.05) is 5.69 Å². The van der Waals surface area contributed by atoms with Crippen LogP contribution in [0.5, 0.6) is 5.75 Å². The van der Waals surface area contributed by atoms with Crippen molar-refractivity contribution in [3.63, 3.8) is 0 Å². The minimum Gasteiger partial charge on any atom is -0.423 e. The van der Waals surface area contributed by atoms with Gasteiger partial charge in [-0.05, 0) is 48.5 Å². The number of para-hydroxylation sites is 1. The van der Waals surface area contributed by atoms with Gasteiger partial charge in [0.2, 0.25) is 0 Å². The molecule has 1 N–H and O–H groups in total. The number of hydrogen-bond donors (Lipinski definition) is 1. The number of amides is 1. The molecule has 4 nitrogen and oxygen atoms in total. The second kappa shape index (κ2) is 7.64. The van der Waals surface area contributed by atoms with E-state index < -0.39 is 5.97 Å². The normalized spacial score (nSPS) is 10.1. The molecular weight excluding hydrogens is 338 g/mol. The van der Waals surface area contributed by atoms with Gasteiger partial charge >= 0.3 is 5.97 Å². The van der Waals surface area contributed by atoms with Crippen LogP contribution in [-0.4, -0.2) is 11.9 Å². The summed E-state index contributed by atoms with van der Waals surface area (Å²) in [4.78, 5) is 24.3. The highest BCUT2D eigenvalue weighted by molar-refractivity contribution is 6.34. The quantitative estimate of drug-likeness (QED) is 0.542. The third kappa shape index (κ3) is 4.25. The number of ether oxygens (including phenoxy) is 1. The van der Waals surface area contributed by atoms with E-state index in [9.17, 15) is 9.59 Å². The third-order valence-corrected chi connectivity index (χ3v) is 3.78. The van der Waals surface area contributed by atoms with Crippen LogP contribution in [0.2, 0.25) is 5.02 Å². The Bertz CT molecular complexity index is 892. The number of carbonyl (C=O) groups excluding carboxylic acids is 2. The summed E-state index contributed by atoms with van der Waals surface area (Å²) in [6.07, 6.45) is 0. The summed E-state index contributed by atoms with van der Waals surface area (Å²) >= 11 is 6.01.